The third kappa shape index (κ3) is 3.78. The van der Waals surface area contributed by atoms with Crippen LogP contribution >= 0.6 is 11.6 Å². The van der Waals surface area contributed by atoms with Crippen molar-refractivity contribution in [3.63, 3.8) is 0 Å². The molecule has 136 valence electrons. The summed E-state index contributed by atoms with van der Waals surface area (Å²) in [4.78, 5) is 29.3. The van der Waals surface area contributed by atoms with Crippen LogP contribution in [0, 0.1) is 0 Å². The van der Waals surface area contributed by atoms with Crippen molar-refractivity contribution >= 4 is 11.6 Å². The number of aromatic nitrogens is 2. The Hall–Kier alpha value is -2.10. The van der Waals surface area contributed by atoms with Gasteiger partial charge in [-0.1, -0.05) is 11.6 Å². The number of rotatable bonds is 6. The van der Waals surface area contributed by atoms with Gasteiger partial charge in [0.15, 0.2) is 6.67 Å². The Morgan fingerprint density at radius 3 is 2.56 bits per heavy atom. The number of hydrogen-bond acceptors (Lipinski definition) is 4. The molecule has 0 atom stereocenters. The first-order chi connectivity index (χ1) is 11.7. The van der Waals surface area contributed by atoms with Crippen molar-refractivity contribution < 1.29 is 18.0 Å². The highest BCUT2D eigenvalue weighted by Crippen LogP contribution is 2.26. The third-order valence-electron chi connectivity index (χ3n) is 3.56. The fourth-order valence-corrected chi connectivity index (χ4v) is 2.45. The summed E-state index contributed by atoms with van der Waals surface area (Å²) in [6, 6.07) is 4.85. The van der Waals surface area contributed by atoms with Crippen LogP contribution in [0.2, 0.25) is 5.02 Å². The van der Waals surface area contributed by atoms with E-state index < -0.39 is 29.5 Å². The van der Waals surface area contributed by atoms with E-state index in [-0.39, 0.29) is 12.2 Å². The zero-order chi connectivity index (χ0) is 18.8. The van der Waals surface area contributed by atoms with E-state index in [0.717, 1.165) is 7.05 Å². The average molecular weight is 378 g/mol. The van der Waals surface area contributed by atoms with E-state index in [1.807, 2.05) is 0 Å². The Morgan fingerprint density at radius 1 is 1.28 bits per heavy atom. The largest absolute Gasteiger partial charge is 0.335 e. The van der Waals surface area contributed by atoms with E-state index in [2.05, 4.69) is 5.48 Å². The topological polar surface area (TPSA) is 65.3 Å². The number of hydrogen-bond donors (Lipinski definition) is 1. The van der Waals surface area contributed by atoms with Crippen LogP contribution in [0.5, 0.6) is 0 Å². The van der Waals surface area contributed by atoms with Gasteiger partial charge in [0.2, 0.25) is 0 Å². The summed E-state index contributed by atoms with van der Waals surface area (Å²) in [5, 5.41) is 0.360. The van der Waals surface area contributed by atoms with Crippen LogP contribution in [0.15, 0.2) is 33.9 Å². The second-order valence-electron chi connectivity index (χ2n) is 5.18. The normalized spacial score (nSPS) is 11.8. The molecule has 2 rings (SSSR count). The maximum atomic E-state index is 13.6. The summed E-state index contributed by atoms with van der Waals surface area (Å²) in [6.07, 6.45) is 0. The fourth-order valence-electron chi connectivity index (χ4n) is 2.27. The average Bonchev–Trinajstić information content (AvgIpc) is 2.58. The van der Waals surface area contributed by atoms with Gasteiger partial charge in [-0.3, -0.25) is 9.36 Å². The smallest absolute Gasteiger partial charge is 0.305 e. The van der Waals surface area contributed by atoms with E-state index in [4.69, 9.17) is 16.4 Å². The minimum absolute atomic E-state index is 0.137. The molecule has 0 saturated heterocycles. The SMILES string of the molecule is CONCc1cc(-n2c(=O)cc(C(F)(F)CF)n(C)c2=O)ccc1Cl. The first-order valence-corrected chi connectivity index (χ1v) is 7.42. The Labute approximate surface area is 145 Å². The van der Waals surface area contributed by atoms with Crippen molar-refractivity contribution in [2.24, 2.45) is 7.05 Å². The Kier molecular flexibility index (Phi) is 5.71. The van der Waals surface area contributed by atoms with E-state index in [1.165, 1.54) is 25.3 Å². The molecule has 6 nitrogen and oxygen atoms in total. The summed E-state index contributed by atoms with van der Waals surface area (Å²) in [5.41, 5.74) is 0.209. The summed E-state index contributed by atoms with van der Waals surface area (Å²) in [7, 11) is 2.45. The number of nitrogens with one attached hydrogen (secondary N) is 1. The van der Waals surface area contributed by atoms with Crippen LogP contribution in [0.1, 0.15) is 11.3 Å². The zero-order valence-corrected chi connectivity index (χ0v) is 14.1. The third-order valence-corrected chi connectivity index (χ3v) is 3.93. The van der Waals surface area contributed by atoms with Crippen LogP contribution in [0.3, 0.4) is 0 Å². The second-order valence-corrected chi connectivity index (χ2v) is 5.59. The van der Waals surface area contributed by atoms with Crippen LogP contribution < -0.4 is 16.7 Å². The van der Waals surface area contributed by atoms with Crippen LogP contribution in [0.4, 0.5) is 13.2 Å². The van der Waals surface area contributed by atoms with E-state index in [9.17, 15) is 22.8 Å². The summed E-state index contributed by atoms with van der Waals surface area (Å²) in [5.74, 6) is -3.93. The minimum Gasteiger partial charge on any atom is -0.305 e. The van der Waals surface area contributed by atoms with Crippen molar-refractivity contribution in [1.82, 2.24) is 14.6 Å². The lowest BCUT2D eigenvalue weighted by molar-refractivity contribution is -0.0358. The van der Waals surface area contributed by atoms with E-state index in [1.54, 1.807) is 0 Å². The summed E-state index contributed by atoms with van der Waals surface area (Å²) >= 11 is 6.03. The molecular formula is C15H15ClF3N3O3. The molecule has 1 heterocycles. The number of halogens is 4. The van der Waals surface area contributed by atoms with Gasteiger partial charge in [0, 0.05) is 24.7 Å². The molecule has 1 N–H and O–H groups in total. The lowest BCUT2D eigenvalue weighted by Crippen LogP contribution is -2.41. The Bertz CT molecular complexity index is 896. The zero-order valence-electron chi connectivity index (χ0n) is 13.4. The van der Waals surface area contributed by atoms with Crippen molar-refractivity contribution in [1.29, 1.82) is 0 Å². The van der Waals surface area contributed by atoms with Gasteiger partial charge in [-0.25, -0.2) is 13.8 Å². The Morgan fingerprint density at radius 2 is 1.96 bits per heavy atom. The molecule has 25 heavy (non-hydrogen) atoms. The first kappa shape index (κ1) is 19.2. The first-order valence-electron chi connectivity index (χ1n) is 7.05. The number of benzene rings is 1. The predicted molar refractivity (Wildman–Crippen MR) is 86.0 cm³/mol. The lowest BCUT2D eigenvalue weighted by atomic mass is 10.2. The molecule has 0 unspecified atom stereocenters. The van der Waals surface area contributed by atoms with Crippen LogP contribution in [-0.2, 0) is 24.4 Å². The van der Waals surface area contributed by atoms with Crippen molar-refractivity contribution in [3.8, 4) is 5.69 Å². The van der Waals surface area contributed by atoms with Gasteiger partial charge >= 0.3 is 11.6 Å². The highest BCUT2D eigenvalue weighted by Gasteiger charge is 2.35. The molecule has 1 aromatic heterocycles. The minimum atomic E-state index is -3.93. The highest BCUT2D eigenvalue weighted by atomic mass is 35.5. The highest BCUT2D eigenvalue weighted by molar-refractivity contribution is 6.31. The van der Waals surface area contributed by atoms with Gasteiger partial charge < -0.3 is 4.84 Å². The molecule has 0 radical (unpaired) electrons. The monoisotopic (exact) mass is 377 g/mol. The van der Waals surface area contributed by atoms with Gasteiger partial charge in [0.05, 0.1) is 18.5 Å². The van der Waals surface area contributed by atoms with E-state index >= 15 is 0 Å². The molecule has 0 saturated carbocycles. The molecule has 0 spiro atoms. The number of nitrogens with zero attached hydrogens (tertiary/aromatic N) is 2. The molecule has 0 aliphatic rings. The van der Waals surface area contributed by atoms with Gasteiger partial charge in [-0.05, 0) is 23.8 Å². The van der Waals surface area contributed by atoms with Crippen molar-refractivity contribution in [2.45, 2.75) is 12.5 Å². The van der Waals surface area contributed by atoms with Gasteiger partial charge in [0.25, 0.3) is 5.56 Å². The maximum absolute atomic E-state index is 13.6. The van der Waals surface area contributed by atoms with Crippen LogP contribution in [-0.4, -0.2) is 22.9 Å². The second kappa shape index (κ2) is 7.42. The van der Waals surface area contributed by atoms with Crippen LogP contribution in [0.25, 0.3) is 5.69 Å². The van der Waals surface area contributed by atoms with E-state index in [0.29, 0.717) is 25.8 Å². The molecule has 2 aromatic rings. The molecule has 1 aromatic carbocycles. The predicted octanol–water partition coefficient (Wildman–Crippen LogP) is 1.90. The lowest BCUT2D eigenvalue weighted by Gasteiger charge is -2.17. The van der Waals surface area contributed by atoms with Gasteiger partial charge in [0.1, 0.15) is 0 Å². The molecular weight excluding hydrogens is 363 g/mol. The maximum Gasteiger partial charge on any atom is 0.335 e. The quantitative estimate of drug-likeness (QED) is 0.781. The number of alkyl halides is 3. The van der Waals surface area contributed by atoms with Gasteiger partial charge in [-0.15, -0.1) is 0 Å². The molecule has 0 aliphatic carbocycles. The van der Waals surface area contributed by atoms with Gasteiger partial charge in [-0.2, -0.15) is 14.3 Å². The molecule has 0 aliphatic heterocycles. The molecule has 0 fully saturated rings. The van der Waals surface area contributed by atoms with Crippen molar-refractivity contribution in [2.75, 3.05) is 13.8 Å². The summed E-state index contributed by atoms with van der Waals surface area (Å²) < 4.78 is 40.9. The number of hydroxylamine groups is 1. The Balaban J connectivity index is 2.64. The fraction of sp³-hybridized carbons (Fsp3) is 0.333. The van der Waals surface area contributed by atoms with Crippen molar-refractivity contribution in [3.05, 3.63) is 61.4 Å². The molecule has 10 heteroatoms. The molecule has 0 bridgehead atoms. The standard InChI is InChI=1S/C15H15ClF3N3O3/c1-21-12(15(18,19)8-17)6-13(23)22(14(21)24)10-3-4-11(16)9(5-10)7-20-25-2/h3-6,20H,7-8H2,1-2H3. The molecule has 0 amide bonds. The summed E-state index contributed by atoms with van der Waals surface area (Å²) in [6.45, 7) is -1.83.